The number of hydrogen-bond acceptors (Lipinski definition) is 5. The van der Waals surface area contributed by atoms with Crippen molar-refractivity contribution in [1.82, 2.24) is 9.62 Å². The van der Waals surface area contributed by atoms with Crippen LogP contribution in [-0.4, -0.2) is 56.4 Å². The number of ether oxygens (including phenoxy) is 1. The number of carbonyl (C=O) groups excluding carboxylic acids is 2. The second kappa shape index (κ2) is 8.37. The summed E-state index contributed by atoms with van der Waals surface area (Å²) >= 11 is 12.3. The Kier molecular flexibility index (Phi) is 5.93. The topological polar surface area (TPSA) is 119 Å². The van der Waals surface area contributed by atoms with Crippen molar-refractivity contribution in [2.75, 3.05) is 19.7 Å². The smallest absolute Gasteiger partial charge is 0.250 e. The van der Waals surface area contributed by atoms with Gasteiger partial charge in [-0.25, -0.2) is 8.42 Å². The maximum Gasteiger partial charge on any atom is 0.250 e. The predicted octanol–water partition coefficient (Wildman–Crippen LogP) is 2.18. The summed E-state index contributed by atoms with van der Waals surface area (Å²) in [6, 6.07) is 4.47. The molecule has 2 amide bonds. The highest BCUT2D eigenvalue weighted by Gasteiger charge is 2.58. The summed E-state index contributed by atoms with van der Waals surface area (Å²) in [5.74, 6) is 0.346. The lowest BCUT2D eigenvalue weighted by Crippen LogP contribution is -2.63. The Balaban J connectivity index is 1.29. The van der Waals surface area contributed by atoms with Gasteiger partial charge >= 0.3 is 0 Å². The van der Waals surface area contributed by atoms with E-state index in [-0.39, 0.29) is 64.3 Å². The molecule has 0 radical (unpaired) electrons. The quantitative estimate of drug-likeness (QED) is 0.622. The number of sulfonamides is 1. The molecule has 4 aliphatic carbocycles. The van der Waals surface area contributed by atoms with Gasteiger partial charge in [0.05, 0.1) is 16.7 Å². The number of benzene rings is 1. The third-order valence-electron chi connectivity index (χ3n) is 7.94. The molecule has 1 aliphatic heterocycles. The van der Waals surface area contributed by atoms with E-state index in [1.165, 1.54) is 16.4 Å². The van der Waals surface area contributed by atoms with Crippen molar-refractivity contribution in [2.45, 2.75) is 49.1 Å². The van der Waals surface area contributed by atoms with E-state index >= 15 is 0 Å². The number of amides is 2. The highest BCUT2D eigenvalue weighted by molar-refractivity contribution is 7.89. The predicted molar refractivity (Wildman–Crippen MR) is 122 cm³/mol. The van der Waals surface area contributed by atoms with Crippen LogP contribution in [0.4, 0.5) is 0 Å². The van der Waals surface area contributed by atoms with Crippen molar-refractivity contribution < 1.29 is 22.7 Å². The molecule has 6 rings (SSSR count). The molecule has 1 saturated heterocycles. The Morgan fingerprint density at radius 1 is 1.12 bits per heavy atom. The number of rotatable bonds is 5. The number of hydrogen-bond donors (Lipinski definition) is 2. The SMILES string of the molecule is NC(=O)C12CC3C[C@H](C1)C(NC(=O)C1CN(S(=O)(=O)c4c(Cl)cccc4Cl)CCO1)[C@@H](C3)C2. The van der Waals surface area contributed by atoms with Gasteiger partial charge in [0.15, 0.2) is 0 Å². The van der Waals surface area contributed by atoms with Gasteiger partial charge in [-0.05, 0) is 62.0 Å². The molecule has 3 N–H and O–H groups in total. The molecule has 6 atom stereocenters. The van der Waals surface area contributed by atoms with E-state index in [1.54, 1.807) is 6.07 Å². The second-order valence-electron chi connectivity index (χ2n) is 9.92. The van der Waals surface area contributed by atoms with Crippen LogP contribution in [0.3, 0.4) is 0 Å². The molecule has 4 unspecified atom stereocenters. The van der Waals surface area contributed by atoms with E-state index in [2.05, 4.69) is 5.32 Å². The van der Waals surface area contributed by atoms with E-state index in [0.717, 1.165) is 19.3 Å². The molecule has 0 spiro atoms. The summed E-state index contributed by atoms with van der Waals surface area (Å²) in [5, 5.41) is 3.20. The molecule has 4 bridgehead atoms. The van der Waals surface area contributed by atoms with Gasteiger partial charge in [0.25, 0.3) is 5.91 Å². The average molecular weight is 516 g/mol. The second-order valence-corrected chi connectivity index (χ2v) is 12.6. The van der Waals surface area contributed by atoms with Crippen LogP contribution in [0.15, 0.2) is 23.1 Å². The number of nitrogens with zero attached hydrogens (tertiary/aromatic N) is 1. The Labute approximate surface area is 203 Å². The minimum absolute atomic E-state index is 0.0342. The zero-order chi connectivity index (χ0) is 23.5. The molecule has 180 valence electrons. The third kappa shape index (κ3) is 3.95. The standard InChI is InChI=1S/C22H27Cl2N3O5S/c23-15-2-1-3-16(24)19(15)33(30,31)27-4-5-32-17(11-27)20(28)26-18-13-6-12-7-14(18)10-22(8-12,9-13)21(25)29/h1-3,12-14,17-18H,4-11H2,(H2,25,29)(H,26,28)/t12?,13-,14+,17?,18?,22?. The van der Waals surface area contributed by atoms with Gasteiger partial charge in [0.2, 0.25) is 15.9 Å². The summed E-state index contributed by atoms with van der Waals surface area (Å²) in [6.07, 6.45) is 3.30. The largest absolute Gasteiger partial charge is 0.369 e. The Morgan fingerprint density at radius 3 is 2.36 bits per heavy atom. The number of primary amides is 1. The van der Waals surface area contributed by atoms with Crippen molar-refractivity contribution in [3.63, 3.8) is 0 Å². The maximum absolute atomic E-state index is 13.2. The molecule has 0 aromatic heterocycles. The lowest BCUT2D eigenvalue weighted by atomic mass is 9.47. The molecule has 8 nitrogen and oxygen atoms in total. The number of carbonyl (C=O) groups is 2. The van der Waals surface area contributed by atoms with Gasteiger partial charge in [-0.3, -0.25) is 9.59 Å². The van der Waals surface area contributed by atoms with Crippen molar-refractivity contribution in [3.05, 3.63) is 28.2 Å². The third-order valence-corrected chi connectivity index (χ3v) is 10.8. The summed E-state index contributed by atoms with van der Waals surface area (Å²) in [5.41, 5.74) is 5.32. The van der Waals surface area contributed by atoms with E-state index in [0.29, 0.717) is 18.8 Å². The molecule has 1 aromatic rings. The molecule has 1 heterocycles. The van der Waals surface area contributed by atoms with Crippen molar-refractivity contribution >= 4 is 45.0 Å². The molecule has 11 heteroatoms. The normalized spacial score (nSPS) is 36.0. The van der Waals surface area contributed by atoms with Gasteiger partial charge < -0.3 is 15.8 Å². The molecule has 4 saturated carbocycles. The molecule has 1 aromatic carbocycles. The number of morpholine rings is 1. The van der Waals surface area contributed by atoms with Crippen LogP contribution in [0.25, 0.3) is 0 Å². The fourth-order valence-corrected chi connectivity index (χ4v) is 9.20. The summed E-state index contributed by atoms with van der Waals surface area (Å²) in [6.45, 7) is 0.0700. The van der Waals surface area contributed by atoms with Gasteiger partial charge in [-0.15, -0.1) is 0 Å². The van der Waals surface area contributed by atoms with Crippen LogP contribution < -0.4 is 11.1 Å². The summed E-state index contributed by atoms with van der Waals surface area (Å²) in [4.78, 5) is 25.1. The van der Waals surface area contributed by atoms with Crippen LogP contribution in [0.2, 0.25) is 10.0 Å². The van der Waals surface area contributed by atoms with Crippen LogP contribution in [-0.2, 0) is 24.3 Å². The highest BCUT2D eigenvalue weighted by Crippen LogP contribution is 2.59. The van der Waals surface area contributed by atoms with E-state index in [1.807, 2.05) is 0 Å². The Morgan fingerprint density at radius 2 is 1.76 bits per heavy atom. The van der Waals surface area contributed by atoms with Gasteiger partial charge in [-0.2, -0.15) is 4.31 Å². The number of nitrogens with two attached hydrogens (primary N) is 1. The minimum Gasteiger partial charge on any atom is -0.369 e. The highest BCUT2D eigenvalue weighted by atomic mass is 35.5. The van der Waals surface area contributed by atoms with Crippen LogP contribution in [0, 0.1) is 23.2 Å². The van der Waals surface area contributed by atoms with Gasteiger partial charge in [-0.1, -0.05) is 29.3 Å². The Hall–Kier alpha value is -1.39. The van der Waals surface area contributed by atoms with Crippen molar-refractivity contribution in [2.24, 2.45) is 28.9 Å². The fraction of sp³-hybridized carbons (Fsp3) is 0.636. The molecular formula is C22H27Cl2N3O5S. The molecule has 33 heavy (non-hydrogen) atoms. The Bertz CT molecular complexity index is 1060. The first kappa shape index (κ1) is 23.4. The minimum atomic E-state index is -4.00. The van der Waals surface area contributed by atoms with Crippen LogP contribution in [0.1, 0.15) is 32.1 Å². The average Bonchev–Trinajstić information content (AvgIpc) is 2.75. The maximum atomic E-state index is 13.2. The summed E-state index contributed by atoms with van der Waals surface area (Å²) in [7, 11) is -4.00. The van der Waals surface area contributed by atoms with Crippen LogP contribution >= 0.6 is 23.2 Å². The number of nitrogens with one attached hydrogen (secondary N) is 1. The van der Waals surface area contributed by atoms with E-state index in [9.17, 15) is 18.0 Å². The lowest BCUT2D eigenvalue weighted by Gasteiger charge is -2.59. The van der Waals surface area contributed by atoms with E-state index < -0.39 is 21.5 Å². The molecule has 5 aliphatic rings. The monoisotopic (exact) mass is 515 g/mol. The summed E-state index contributed by atoms with van der Waals surface area (Å²) < 4.78 is 33.3. The van der Waals surface area contributed by atoms with Crippen LogP contribution in [0.5, 0.6) is 0 Å². The molecular weight excluding hydrogens is 489 g/mol. The zero-order valence-electron chi connectivity index (χ0n) is 18.0. The first-order valence-electron chi connectivity index (χ1n) is 11.3. The zero-order valence-corrected chi connectivity index (χ0v) is 20.3. The molecule has 5 fully saturated rings. The fourth-order valence-electron chi connectivity index (χ4n) is 6.68. The first-order chi connectivity index (χ1) is 15.6. The van der Waals surface area contributed by atoms with Gasteiger partial charge in [0, 0.05) is 24.5 Å². The van der Waals surface area contributed by atoms with Crippen molar-refractivity contribution in [3.8, 4) is 0 Å². The van der Waals surface area contributed by atoms with Crippen molar-refractivity contribution in [1.29, 1.82) is 0 Å². The van der Waals surface area contributed by atoms with Gasteiger partial charge in [0.1, 0.15) is 11.0 Å². The van der Waals surface area contributed by atoms with E-state index in [4.69, 9.17) is 33.7 Å². The first-order valence-corrected chi connectivity index (χ1v) is 13.5. The number of halogens is 2. The lowest BCUT2D eigenvalue weighted by molar-refractivity contribution is -0.150.